The summed E-state index contributed by atoms with van der Waals surface area (Å²) in [7, 11) is 3.48. The van der Waals surface area contributed by atoms with E-state index in [1.54, 1.807) is 36.4 Å². The molecular formula is C24H27FN6O2. The zero-order valence-corrected chi connectivity index (χ0v) is 19.4. The van der Waals surface area contributed by atoms with E-state index in [4.69, 9.17) is 0 Å². The Labute approximate surface area is 190 Å². The van der Waals surface area contributed by atoms with E-state index in [0.29, 0.717) is 22.6 Å². The highest BCUT2D eigenvalue weighted by atomic mass is 19.1. The number of aryl methyl sites for hydroxylation is 3. The minimum Gasteiger partial charge on any atom is -0.370 e. The third kappa shape index (κ3) is 3.79. The van der Waals surface area contributed by atoms with Gasteiger partial charge in [0, 0.05) is 39.1 Å². The van der Waals surface area contributed by atoms with E-state index in [1.807, 2.05) is 12.1 Å². The predicted octanol–water partition coefficient (Wildman–Crippen LogP) is 3.40. The highest BCUT2D eigenvalue weighted by Gasteiger charge is 2.16. The number of aliphatic imine (C=N–C) groups is 1. The second-order valence-corrected chi connectivity index (χ2v) is 7.93. The van der Waals surface area contributed by atoms with Crippen LogP contribution in [0.15, 0.2) is 51.0 Å². The summed E-state index contributed by atoms with van der Waals surface area (Å²) in [5.74, 6) is -0.369. The van der Waals surface area contributed by atoms with Gasteiger partial charge in [-0.2, -0.15) is 0 Å². The van der Waals surface area contributed by atoms with Crippen molar-refractivity contribution in [3.63, 3.8) is 0 Å². The lowest BCUT2D eigenvalue weighted by atomic mass is 10.2. The van der Waals surface area contributed by atoms with Crippen LogP contribution in [-0.4, -0.2) is 38.2 Å². The van der Waals surface area contributed by atoms with Crippen LogP contribution in [0.4, 0.5) is 15.8 Å². The van der Waals surface area contributed by atoms with Crippen LogP contribution in [0.2, 0.25) is 0 Å². The van der Waals surface area contributed by atoms with Crippen LogP contribution in [0.25, 0.3) is 16.7 Å². The number of hydrogen-bond donors (Lipinski definition) is 1. The molecule has 2 aromatic carbocycles. The summed E-state index contributed by atoms with van der Waals surface area (Å²) >= 11 is 0. The quantitative estimate of drug-likeness (QED) is 0.457. The molecule has 0 radical (unpaired) electrons. The number of imidazole rings is 1. The van der Waals surface area contributed by atoms with Gasteiger partial charge >= 0.3 is 5.69 Å². The maximum Gasteiger partial charge on any atom is 0.328 e. The van der Waals surface area contributed by atoms with E-state index in [0.717, 1.165) is 29.8 Å². The van der Waals surface area contributed by atoms with E-state index in [-0.39, 0.29) is 17.1 Å². The molecule has 4 aromatic rings. The van der Waals surface area contributed by atoms with Crippen molar-refractivity contribution in [1.82, 2.24) is 18.9 Å². The standard InChI is InChI=1S/C24H27FN6O2/c1-6-30(7-2)20-13-22-21(28(4)24(33)29(22)5)12-19(20)26-14-18-15(3)27-31(23(18)32)17-10-8-16(25)9-11-17/h8-14,27H,6-7H2,1-5H3. The van der Waals surface area contributed by atoms with Gasteiger partial charge in [0.25, 0.3) is 5.56 Å². The SMILES string of the molecule is CCN(CC)c1cc2c(cc1N=Cc1c(C)[nH]n(-c3ccc(F)cc3)c1=O)n(C)c(=O)n2C. The monoisotopic (exact) mass is 450 g/mol. The molecule has 0 unspecified atom stereocenters. The second kappa shape index (κ2) is 8.57. The van der Waals surface area contributed by atoms with Crippen molar-refractivity contribution in [3.8, 4) is 5.69 Å². The van der Waals surface area contributed by atoms with Crippen LogP contribution in [-0.2, 0) is 14.1 Å². The summed E-state index contributed by atoms with van der Waals surface area (Å²) in [5, 5.41) is 3.03. The molecule has 0 aliphatic carbocycles. The number of aromatic nitrogens is 4. The number of aromatic amines is 1. The number of benzene rings is 2. The highest BCUT2D eigenvalue weighted by Crippen LogP contribution is 2.33. The van der Waals surface area contributed by atoms with Crippen molar-refractivity contribution in [2.24, 2.45) is 19.1 Å². The van der Waals surface area contributed by atoms with Gasteiger partial charge in [-0.1, -0.05) is 0 Å². The normalized spacial score (nSPS) is 11.7. The van der Waals surface area contributed by atoms with Crippen molar-refractivity contribution in [3.05, 3.63) is 74.3 Å². The van der Waals surface area contributed by atoms with Crippen LogP contribution >= 0.6 is 0 Å². The smallest absolute Gasteiger partial charge is 0.328 e. The van der Waals surface area contributed by atoms with Gasteiger partial charge in [0.15, 0.2) is 0 Å². The number of rotatable bonds is 6. The Morgan fingerprint density at radius 3 is 2.24 bits per heavy atom. The van der Waals surface area contributed by atoms with Crippen LogP contribution in [0.3, 0.4) is 0 Å². The molecule has 172 valence electrons. The minimum atomic E-state index is -0.369. The number of hydrogen-bond acceptors (Lipinski definition) is 4. The predicted molar refractivity (Wildman–Crippen MR) is 130 cm³/mol. The number of nitrogens with one attached hydrogen (secondary N) is 1. The van der Waals surface area contributed by atoms with Crippen molar-refractivity contribution < 1.29 is 4.39 Å². The number of H-pyrrole nitrogens is 1. The number of anilines is 1. The fraction of sp³-hybridized carbons (Fsp3) is 0.292. The summed E-state index contributed by atoms with van der Waals surface area (Å²) < 4.78 is 17.8. The first kappa shape index (κ1) is 22.3. The van der Waals surface area contributed by atoms with Gasteiger partial charge in [-0.15, -0.1) is 0 Å². The first-order chi connectivity index (χ1) is 15.8. The molecule has 0 bridgehead atoms. The van der Waals surface area contributed by atoms with Crippen molar-refractivity contribution in [2.75, 3.05) is 18.0 Å². The third-order valence-corrected chi connectivity index (χ3v) is 6.01. The van der Waals surface area contributed by atoms with Crippen LogP contribution < -0.4 is 16.1 Å². The molecule has 0 aliphatic rings. The van der Waals surface area contributed by atoms with E-state index in [2.05, 4.69) is 28.8 Å². The molecule has 2 aromatic heterocycles. The Morgan fingerprint density at radius 1 is 1.03 bits per heavy atom. The average Bonchev–Trinajstić information content (AvgIpc) is 3.21. The molecule has 4 rings (SSSR count). The molecule has 0 aliphatic heterocycles. The van der Waals surface area contributed by atoms with Gasteiger partial charge in [-0.3, -0.25) is 24.0 Å². The third-order valence-electron chi connectivity index (χ3n) is 6.01. The largest absolute Gasteiger partial charge is 0.370 e. The van der Waals surface area contributed by atoms with E-state index in [9.17, 15) is 14.0 Å². The number of nitrogens with zero attached hydrogens (tertiary/aromatic N) is 5. The number of fused-ring (bicyclic) bond motifs is 1. The molecule has 33 heavy (non-hydrogen) atoms. The Kier molecular flexibility index (Phi) is 5.80. The maximum atomic E-state index is 13.3. The Hall–Kier alpha value is -3.88. The first-order valence-electron chi connectivity index (χ1n) is 10.8. The summed E-state index contributed by atoms with van der Waals surface area (Å²) in [6.45, 7) is 7.45. The molecule has 0 atom stereocenters. The van der Waals surface area contributed by atoms with E-state index >= 15 is 0 Å². The van der Waals surface area contributed by atoms with Crippen molar-refractivity contribution >= 4 is 28.6 Å². The van der Waals surface area contributed by atoms with Crippen LogP contribution in [0, 0.1) is 12.7 Å². The molecule has 8 nitrogen and oxygen atoms in total. The zero-order valence-electron chi connectivity index (χ0n) is 19.4. The lowest BCUT2D eigenvalue weighted by Crippen LogP contribution is -2.22. The van der Waals surface area contributed by atoms with E-state index in [1.165, 1.54) is 28.9 Å². The summed E-state index contributed by atoms with van der Waals surface area (Å²) in [4.78, 5) is 32.3. The van der Waals surface area contributed by atoms with Gasteiger partial charge in [-0.25, -0.2) is 13.9 Å². The van der Waals surface area contributed by atoms with Crippen molar-refractivity contribution in [1.29, 1.82) is 0 Å². The molecule has 2 heterocycles. The maximum absolute atomic E-state index is 13.3. The molecule has 1 N–H and O–H groups in total. The van der Waals surface area contributed by atoms with Crippen LogP contribution in [0.1, 0.15) is 25.1 Å². The fourth-order valence-corrected chi connectivity index (χ4v) is 4.06. The Morgan fingerprint density at radius 2 is 1.64 bits per heavy atom. The second-order valence-electron chi connectivity index (χ2n) is 7.93. The molecule has 0 saturated heterocycles. The highest BCUT2D eigenvalue weighted by molar-refractivity contribution is 5.91. The summed E-state index contributed by atoms with van der Waals surface area (Å²) in [5.41, 5.74) is 4.34. The van der Waals surface area contributed by atoms with Crippen molar-refractivity contribution in [2.45, 2.75) is 20.8 Å². The molecule has 0 amide bonds. The van der Waals surface area contributed by atoms with Gasteiger partial charge in [0.2, 0.25) is 0 Å². The molecule has 0 fully saturated rings. The molecule has 9 heteroatoms. The Balaban J connectivity index is 1.85. The minimum absolute atomic E-state index is 0.111. The lowest BCUT2D eigenvalue weighted by molar-refractivity contribution is 0.627. The molecular weight excluding hydrogens is 423 g/mol. The van der Waals surface area contributed by atoms with Gasteiger partial charge < -0.3 is 4.90 Å². The average molecular weight is 451 g/mol. The Bertz CT molecular complexity index is 1470. The fourth-order valence-electron chi connectivity index (χ4n) is 4.06. The van der Waals surface area contributed by atoms with E-state index < -0.39 is 0 Å². The van der Waals surface area contributed by atoms with Gasteiger partial charge in [0.1, 0.15) is 5.82 Å². The number of halogens is 1. The zero-order chi connectivity index (χ0) is 23.9. The summed E-state index contributed by atoms with van der Waals surface area (Å²) in [6.07, 6.45) is 1.55. The van der Waals surface area contributed by atoms with Crippen LogP contribution in [0.5, 0.6) is 0 Å². The topological polar surface area (TPSA) is 80.3 Å². The molecule has 0 spiro atoms. The molecule has 0 saturated carbocycles. The first-order valence-corrected chi connectivity index (χ1v) is 10.8. The summed E-state index contributed by atoms with van der Waals surface area (Å²) in [6, 6.07) is 9.53. The lowest BCUT2D eigenvalue weighted by Gasteiger charge is -2.23. The van der Waals surface area contributed by atoms with Gasteiger partial charge in [-0.05, 0) is 57.2 Å². The van der Waals surface area contributed by atoms with Gasteiger partial charge in [0.05, 0.1) is 33.7 Å².